The molecule has 7 heteroatoms. The van der Waals surface area contributed by atoms with Gasteiger partial charge in [0.25, 0.3) is 0 Å². The third-order valence-electron chi connectivity index (χ3n) is 3.49. The van der Waals surface area contributed by atoms with Crippen LogP contribution in [0.25, 0.3) is 0 Å². The molecule has 4 nitrogen and oxygen atoms in total. The highest BCUT2D eigenvalue weighted by Crippen LogP contribution is 2.35. The number of likely N-dealkylation sites (tertiary alicyclic amines) is 1. The minimum Gasteiger partial charge on any atom is -0.447 e. The average molecular weight is 289 g/mol. The second kappa shape index (κ2) is 5.35. The van der Waals surface area contributed by atoms with Crippen molar-refractivity contribution >= 4 is 11.9 Å². The lowest BCUT2D eigenvalue weighted by molar-refractivity contribution is -0.188. The molecule has 1 amide bonds. The predicted octanol–water partition coefficient (Wildman–Crippen LogP) is 1.49. The fourth-order valence-corrected chi connectivity index (χ4v) is 2.29. The maximum Gasteiger partial charge on any atom is 0.471 e. The van der Waals surface area contributed by atoms with Gasteiger partial charge in [-0.2, -0.15) is 13.2 Å². The standard InChI is InChI=1S/C13H14F3NO3/c1-2-10(8-5-6-8)20-11(18)9-4-3-7-17(9)12(19)13(14,15)16/h1,8-10H,3-7H2. The van der Waals surface area contributed by atoms with Gasteiger partial charge in [-0.05, 0) is 25.7 Å². The van der Waals surface area contributed by atoms with Gasteiger partial charge in [-0.1, -0.05) is 5.92 Å². The molecule has 1 aliphatic carbocycles. The molecule has 0 aromatic rings. The van der Waals surface area contributed by atoms with Crippen LogP contribution < -0.4 is 0 Å². The molecular formula is C13H14F3NO3. The van der Waals surface area contributed by atoms with Gasteiger partial charge in [0.15, 0.2) is 6.10 Å². The first-order chi connectivity index (χ1) is 9.34. The number of alkyl halides is 3. The van der Waals surface area contributed by atoms with Gasteiger partial charge in [-0.15, -0.1) is 6.42 Å². The van der Waals surface area contributed by atoms with Crippen LogP contribution in [0, 0.1) is 18.3 Å². The average Bonchev–Trinajstić information content (AvgIpc) is 3.10. The molecule has 0 radical (unpaired) electrons. The summed E-state index contributed by atoms with van der Waals surface area (Å²) in [5.74, 6) is -0.419. The molecule has 1 saturated heterocycles. The van der Waals surface area contributed by atoms with Crippen LogP contribution in [0.4, 0.5) is 13.2 Å². The molecule has 1 saturated carbocycles. The Labute approximate surface area is 114 Å². The lowest BCUT2D eigenvalue weighted by Gasteiger charge is -2.25. The summed E-state index contributed by atoms with van der Waals surface area (Å²) < 4.78 is 42.4. The Morgan fingerprint density at radius 3 is 2.45 bits per heavy atom. The largest absolute Gasteiger partial charge is 0.471 e. The maximum atomic E-state index is 12.4. The van der Waals surface area contributed by atoms with Crippen LogP contribution in [0.2, 0.25) is 0 Å². The molecule has 2 fully saturated rings. The van der Waals surface area contributed by atoms with Gasteiger partial charge in [0.05, 0.1) is 0 Å². The van der Waals surface area contributed by atoms with E-state index in [1.54, 1.807) is 0 Å². The van der Waals surface area contributed by atoms with E-state index in [1.165, 1.54) is 0 Å². The molecule has 1 heterocycles. The monoisotopic (exact) mass is 289 g/mol. The van der Waals surface area contributed by atoms with E-state index in [1.807, 2.05) is 0 Å². The number of amides is 1. The third kappa shape index (κ3) is 3.06. The van der Waals surface area contributed by atoms with Crippen LogP contribution in [0.15, 0.2) is 0 Å². The first-order valence-corrected chi connectivity index (χ1v) is 6.39. The second-order valence-corrected chi connectivity index (χ2v) is 5.02. The molecule has 2 aliphatic rings. The number of hydrogen-bond donors (Lipinski definition) is 0. The molecule has 20 heavy (non-hydrogen) atoms. The zero-order chi connectivity index (χ0) is 14.9. The summed E-state index contributed by atoms with van der Waals surface area (Å²) in [6.07, 6.45) is 1.75. The number of esters is 1. The fourth-order valence-electron chi connectivity index (χ4n) is 2.29. The van der Waals surface area contributed by atoms with Gasteiger partial charge in [0.1, 0.15) is 6.04 Å². The Kier molecular flexibility index (Phi) is 3.93. The molecule has 0 aromatic heterocycles. The van der Waals surface area contributed by atoms with E-state index >= 15 is 0 Å². The van der Waals surface area contributed by atoms with E-state index < -0.39 is 30.2 Å². The summed E-state index contributed by atoms with van der Waals surface area (Å²) in [6, 6.07) is -1.18. The van der Waals surface area contributed by atoms with Crippen molar-refractivity contribution in [2.75, 3.05) is 6.54 Å². The number of hydrogen-bond acceptors (Lipinski definition) is 3. The lowest BCUT2D eigenvalue weighted by atomic mass is 10.2. The highest BCUT2D eigenvalue weighted by Gasteiger charge is 2.48. The van der Waals surface area contributed by atoms with Crippen molar-refractivity contribution in [3.05, 3.63) is 0 Å². The second-order valence-electron chi connectivity index (χ2n) is 5.02. The molecule has 2 atom stereocenters. The van der Waals surface area contributed by atoms with E-state index in [4.69, 9.17) is 11.2 Å². The van der Waals surface area contributed by atoms with Crippen LogP contribution in [0.3, 0.4) is 0 Å². The van der Waals surface area contributed by atoms with Gasteiger partial charge < -0.3 is 9.64 Å². The number of halogens is 3. The van der Waals surface area contributed by atoms with Crippen molar-refractivity contribution in [2.45, 2.75) is 44.0 Å². The molecule has 0 bridgehead atoms. The number of nitrogens with zero attached hydrogens (tertiary/aromatic N) is 1. The van der Waals surface area contributed by atoms with Crippen molar-refractivity contribution in [3.8, 4) is 12.3 Å². The number of carbonyl (C=O) groups is 2. The van der Waals surface area contributed by atoms with E-state index in [0.717, 1.165) is 12.8 Å². The normalized spacial score (nSPS) is 24.1. The Hall–Kier alpha value is -1.71. The predicted molar refractivity (Wildman–Crippen MR) is 62.2 cm³/mol. The molecule has 0 aromatic carbocycles. The molecule has 0 spiro atoms. The van der Waals surface area contributed by atoms with Gasteiger partial charge in [-0.3, -0.25) is 4.79 Å². The summed E-state index contributed by atoms with van der Waals surface area (Å²) in [6.45, 7) is -0.0950. The third-order valence-corrected chi connectivity index (χ3v) is 3.49. The van der Waals surface area contributed by atoms with Crippen molar-refractivity contribution in [2.24, 2.45) is 5.92 Å². The number of rotatable bonds is 3. The molecule has 2 rings (SSSR count). The fraction of sp³-hybridized carbons (Fsp3) is 0.692. The number of ether oxygens (including phenoxy) is 1. The lowest BCUT2D eigenvalue weighted by Crippen LogP contribution is -2.48. The molecule has 1 aliphatic heterocycles. The Bertz CT molecular complexity index is 451. The van der Waals surface area contributed by atoms with Crippen LogP contribution in [-0.2, 0) is 14.3 Å². The quantitative estimate of drug-likeness (QED) is 0.584. The van der Waals surface area contributed by atoms with E-state index in [-0.39, 0.29) is 18.9 Å². The summed E-state index contributed by atoms with van der Waals surface area (Å²) in [5, 5.41) is 0. The van der Waals surface area contributed by atoms with Crippen molar-refractivity contribution in [1.82, 2.24) is 4.90 Å². The number of carbonyl (C=O) groups excluding carboxylic acids is 2. The molecule has 110 valence electrons. The van der Waals surface area contributed by atoms with Crippen LogP contribution in [0.1, 0.15) is 25.7 Å². The molecule has 0 N–H and O–H groups in total. The van der Waals surface area contributed by atoms with Crippen LogP contribution in [-0.4, -0.2) is 41.6 Å². The Balaban J connectivity index is 2.01. The minimum absolute atomic E-state index is 0.0946. The summed E-state index contributed by atoms with van der Waals surface area (Å²) in [4.78, 5) is 23.7. The van der Waals surface area contributed by atoms with Crippen molar-refractivity contribution in [1.29, 1.82) is 0 Å². The highest BCUT2D eigenvalue weighted by atomic mass is 19.4. The first-order valence-electron chi connectivity index (χ1n) is 6.39. The minimum atomic E-state index is -4.98. The van der Waals surface area contributed by atoms with Crippen molar-refractivity contribution < 1.29 is 27.5 Å². The van der Waals surface area contributed by atoms with Gasteiger partial charge in [0, 0.05) is 12.5 Å². The van der Waals surface area contributed by atoms with Crippen LogP contribution >= 0.6 is 0 Å². The highest BCUT2D eigenvalue weighted by molar-refractivity contribution is 5.88. The first kappa shape index (κ1) is 14.7. The van der Waals surface area contributed by atoms with Gasteiger partial charge in [0.2, 0.25) is 0 Å². The summed E-state index contributed by atoms with van der Waals surface area (Å²) in [5.41, 5.74) is 0. The molecule has 2 unspecified atom stereocenters. The molecular weight excluding hydrogens is 275 g/mol. The smallest absolute Gasteiger partial charge is 0.447 e. The van der Waals surface area contributed by atoms with Gasteiger partial charge in [-0.25, -0.2) is 4.79 Å². The van der Waals surface area contributed by atoms with Crippen LogP contribution in [0.5, 0.6) is 0 Å². The van der Waals surface area contributed by atoms with E-state index in [2.05, 4.69) is 5.92 Å². The number of terminal acetylenes is 1. The zero-order valence-electron chi connectivity index (χ0n) is 10.7. The van der Waals surface area contributed by atoms with Crippen molar-refractivity contribution in [3.63, 3.8) is 0 Å². The Morgan fingerprint density at radius 2 is 1.95 bits per heavy atom. The van der Waals surface area contributed by atoms with Gasteiger partial charge >= 0.3 is 18.1 Å². The topological polar surface area (TPSA) is 46.6 Å². The zero-order valence-corrected chi connectivity index (χ0v) is 10.7. The SMILES string of the molecule is C#CC(OC(=O)C1CCCN1C(=O)C(F)(F)F)C1CC1. The van der Waals surface area contributed by atoms with E-state index in [9.17, 15) is 22.8 Å². The Morgan fingerprint density at radius 1 is 1.30 bits per heavy atom. The summed E-state index contributed by atoms with van der Waals surface area (Å²) in [7, 11) is 0. The summed E-state index contributed by atoms with van der Waals surface area (Å²) >= 11 is 0. The maximum absolute atomic E-state index is 12.4. The van der Waals surface area contributed by atoms with E-state index in [0.29, 0.717) is 11.3 Å².